The summed E-state index contributed by atoms with van der Waals surface area (Å²) in [5.41, 5.74) is 2.71. The summed E-state index contributed by atoms with van der Waals surface area (Å²) >= 11 is 1.81. The Morgan fingerprint density at radius 3 is 2.53 bits per heavy atom. The van der Waals surface area contributed by atoms with Gasteiger partial charge in [-0.25, -0.2) is 0 Å². The largest absolute Gasteiger partial charge is 0.369 e. The number of thiophene rings is 1. The Kier molecular flexibility index (Phi) is 11.5. The predicted molar refractivity (Wildman–Crippen MR) is 142 cm³/mol. The van der Waals surface area contributed by atoms with Gasteiger partial charge in [0, 0.05) is 56.9 Å². The van der Waals surface area contributed by atoms with Gasteiger partial charge in [-0.2, -0.15) is 0 Å². The van der Waals surface area contributed by atoms with Crippen molar-refractivity contribution in [3.8, 4) is 0 Å². The maximum Gasteiger partial charge on any atom is 0.190 e. The molecule has 0 amide bonds. The van der Waals surface area contributed by atoms with Crippen LogP contribution in [0.2, 0.25) is 0 Å². The Morgan fingerprint density at radius 2 is 1.83 bits per heavy atom. The maximum atomic E-state index is 4.32. The molecule has 1 saturated heterocycles. The van der Waals surface area contributed by atoms with Crippen LogP contribution in [-0.2, 0) is 6.42 Å². The summed E-state index contributed by atoms with van der Waals surface area (Å²) in [6, 6.07) is 13.1. The van der Waals surface area contributed by atoms with Crippen molar-refractivity contribution in [3.05, 3.63) is 52.2 Å². The molecule has 2 N–H and O–H groups in total. The zero-order valence-corrected chi connectivity index (χ0v) is 21.4. The zero-order chi connectivity index (χ0) is 20.3. The molecule has 1 aliphatic heterocycles. The SMILES string of the molecule is CN=C(NCCCCN1CCN(c2cccc(C)c2)CC1)NCCc1cccs1.I. The number of guanidine groups is 1. The highest BCUT2D eigenvalue weighted by atomic mass is 127. The lowest BCUT2D eigenvalue weighted by Crippen LogP contribution is -2.46. The molecule has 0 saturated carbocycles. The van der Waals surface area contributed by atoms with Gasteiger partial charge in [-0.15, -0.1) is 35.3 Å². The van der Waals surface area contributed by atoms with Crippen LogP contribution in [0, 0.1) is 6.92 Å². The molecule has 0 spiro atoms. The molecule has 0 atom stereocenters. The van der Waals surface area contributed by atoms with E-state index in [2.05, 4.69) is 74.1 Å². The van der Waals surface area contributed by atoms with E-state index >= 15 is 0 Å². The molecule has 5 nitrogen and oxygen atoms in total. The molecular formula is C23H36IN5S. The van der Waals surface area contributed by atoms with Crippen LogP contribution < -0.4 is 15.5 Å². The van der Waals surface area contributed by atoms with Crippen molar-refractivity contribution in [1.29, 1.82) is 0 Å². The van der Waals surface area contributed by atoms with Crippen molar-refractivity contribution in [2.24, 2.45) is 4.99 Å². The number of nitrogens with one attached hydrogen (secondary N) is 2. The molecule has 1 aromatic carbocycles. The number of aryl methyl sites for hydroxylation is 1. The fourth-order valence-corrected chi connectivity index (χ4v) is 4.41. The normalized spacial score (nSPS) is 15.0. The first-order chi connectivity index (χ1) is 14.2. The van der Waals surface area contributed by atoms with E-state index in [1.54, 1.807) is 0 Å². The van der Waals surface area contributed by atoms with Crippen LogP contribution >= 0.6 is 35.3 Å². The Hall–Kier alpha value is -1.32. The Morgan fingerprint density at radius 1 is 1.03 bits per heavy atom. The highest BCUT2D eigenvalue weighted by molar-refractivity contribution is 14.0. The van der Waals surface area contributed by atoms with Crippen molar-refractivity contribution >= 4 is 47.0 Å². The topological polar surface area (TPSA) is 42.9 Å². The lowest BCUT2D eigenvalue weighted by atomic mass is 10.2. The average molecular weight is 542 g/mol. The van der Waals surface area contributed by atoms with Crippen LogP contribution in [0.4, 0.5) is 5.69 Å². The monoisotopic (exact) mass is 541 g/mol. The number of hydrogen-bond acceptors (Lipinski definition) is 4. The van der Waals surface area contributed by atoms with Crippen LogP contribution in [0.15, 0.2) is 46.8 Å². The second-order valence-electron chi connectivity index (χ2n) is 7.63. The lowest BCUT2D eigenvalue weighted by molar-refractivity contribution is 0.253. The molecule has 1 fully saturated rings. The molecule has 1 aromatic heterocycles. The van der Waals surface area contributed by atoms with Crippen LogP contribution in [0.1, 0.15) is 23.3 Å². The predicted octanol–water partition coefficient (Wildman–Crippen LogP) is 3.98. The van der Waals surface area contributed by atoms with E-state index in [4.69, 9.17) is 0 Å². The summed E-state index contributed by atoms with van der Waals surface area (Å²) in [6.07, 6.45) is 3.44. The van der Waals surface area contributed by atoms with Gasteiger partial charge in [0.2, 0.25) is 0 Å². The molecule has 2 aromatic rings. The first kappa shape index (κ1) is 24.9. The smallest absolute Gasteiger partial charge is 0.190 e. The zero-order valence-electron chi connectivity index (χ0n) is 18.3. The second kappa shape index (κ2) is 13.9. The number of benzene rings is 1. The number of halogens is 1. The number of anilines is 1. The average Bonchev–Trinajstić information content (AvgIpc) is 3.26. The number of rotatable bonds is 9. The van der Waals surface area contributed by atoms with Crippen LogP contribution in [-0.4, -0.2) is 63.7 Å². The minimum Gasteiger partial charge on any atom is -0.369 e. The number of nitrogens with zero attached hydrogens (tertiary/aromatic N) is 3. The van der Waals surface area contributed by atoms with Gasteiger partial charge in [-0.3, -0.25) is 9.89 Å². The van der Waals surface area contributed by atoms with Gasteiger partial charge in [0.15, 0.2) is 5.96 Å². The van der Waals surface area contributed by atoms with E-state index in [0.717, 1.165) is 51.6 Å². The summed E-state index contributed by atoms with van der Waals surface area (Å²) < 4.78 is 0. The summed E-state index contributed by atoms with van der Waals surface area (Å²) in [4.78, 5) is 10.8. The molecular weight excluding hydrogens is 505 g/mol. The van der Waals surface area contributed by atoms with Crippen LogP contribution in [0.3, 0.4) is 0 Å². The Balaban J connectivity index is 0.00000320. The third-order valence-corrected chi connectivity index (χ3v) is 6.34. The summed E-state index contributed by atoms with van der Waals surface area (Å²) in [5, 5.41) is 8.97. The third kappa shape index (κ3) is 8.43. The van der Waals surface area contributed by atoms with Crippen molar-refractivity contribution in [3.63, 3.8) is 0 Å². The van der Waals surface area contributed by atoms with Gasteiger partial charge in [-0.05, 0) is 61.9 Å². The van der Waals surface area contributed by atoms with Gasteiger partial charge in [-0.1, -0.05) is 18.2 Å². The van der Waals surface area contributed by atoms with Crippen LogP contribution in [0.25, 0.3) is 0 Å². The summed E-state index contributed by atoms with van der Waals surface area (Å²) in [5.74, 6) is 0.910. The first-order valence-corrected chi connectivity index (χ1v) is 11.6. The molecule has 0 aliphatic carbocycles. The van der Waals surface area contributed by atoms with Crippen molar-refractivity contribution in [2.45, 2.75) is 26.2 Å². The van der Waals surface area contributed by atoms with E-state index in [0.29, 0.717) is 0 Å². The molecule has 3 rings (SSSR count). The van der Waals surface area contributed by atoms with Gasteiger partial charge in [0.05, 0.1) is 0 Å². The van der Waals surface area contributed by atoms with Crippen molar-refractivity contribution < 1.29 is 0 Å². The minimum absolute atomic E-state index is 0. The van der Waals surface area contributed by atoms with E-state index in [9.17, 15) is 0 Å². The fourth-order valence-electron chi connectivity index (χ4n) is 3.70. The molecule has 1 aliphatic rings. The Labute approximate surface area is 203 Å². The van der Waals surface area contributed by atoms with E-state index in [1.807, 2.05) is 18.4 Å². The third-order valence-electron chi connectivity index (χ3n) is 5.40. The van der Waals surface area contributed by atoms with Gasteiger partial charge >= 0.3 is 0 Å². The van der Waals surface area contributed by atoms with Gasteiger partial charge in [0.1, 0.15) is 0 Å². The Bertz CT molecular complexity index is 742. The molecule has 166 valence electrons. The van der Waals surface area contributed by atoms with Crippen molar-refractivity contribution in [1.82, 2.24) is 15.5 Å². The maximum absolute atomic E-state index is 4.32. The van der Waals surface area contributed by atoms with Gasteiger partial charge in [0.25, 0.3) is 0 Å². The number of aliphatic imine (C=N–C) groups is 1. The number of piperazine rings is 1. The quantitative estimate of drug-likeness (QED) is 0.218. The molecule has 0 bridgehead atoms. The van der Waals surface area contributed by atoms with E-state index < -0.39 is 0 Å². The molecule has 30 heavy (non-hydrogen) atoms. The number of unbranched alkanes of at least 4 members (excludes halogenated alkanes) is 1. The lowest BCUT2D eigenvalue weighted by Gasteiger charge is -2.36. The highest BCUT2D eigenvalue weighted by Gasteiger charge is 2.16. The summed E-state index contributed by atoms with van der Waals surface area (Å²) in [6.45, 7) is 9.83. The van der Waals surface area contributed by atoms with Crippen LogP contribution in [0.5, 0.6) is 0 Å². The first-order valence-electron chi connectivity index (χ1n) is 10.8. The number of hydrogen-bond donors (Lipinski definition) is 2. The summed E-state index contributed by atoms with van der Waals surface area (Å²) in [7, 11) is 1.84. The highest BCUT2D eigenvalue weighted by Crippen LogP contribution is 2.17. The molecule has 7 heteroatoms. The minimum atomic E-state index is 0. The standard InChI is InChI=1S/C23H35N5S.HI/c1-20-7-5-8-21(19-20)28-16-14-27(15-17-28)13-4-3-11-25-23(24-2)26-12-10-22-9-6-18-29-22;/h5-9,18-19H,3-4,10-17H2,1-2H3,(H2,24,25,26);1H. The van der Waals surface area contributed by atoms with Crippen molar-refractivity contribution in [2.75, 3.05) is 57.8 Å². The fraction of sp³-hybridized carbons (Fsp3) is 0.522. The molecule has 0 radical (unpaired) electrons. The van der Waals surface area contributed by atoms with Gasteiger partial charge < -0.3 is 15.5 Å². The second-order valence-corrected chi connectivity index (χ2v) is 8.66. The van der Waals surface area contributed by atoms with E-state index in [-0.39, 0.29) is 24.0 Å². The molecule has 0 unspecified atom stereocenters. The van der Waals surface area contributed by atoms with E-state index in [1.165, 1.54) is 35.5 Å². The molecule has 2 heterocycles.